The second kappa shape index (κ2) is 11.7. The summed E-state index contributed by atoms with van der Waals surface area (Å²) in [6.07, 6.45) is 4.36. The number of aromatic amines is 1. The van der Waals surface area contributed by atoms with Gasteiger partial charge >= 0.3 is 12.6 Å². The maximum absolute atomic E-state index is 13.1. The fourth-order valence-corrected chi connectivity index (χ4v) is 4.15. The number of rotatable bonds is 11. The Hall–Kier alpha value is -3.43. The number of aromatic hydroxyl groups is 1. The lowest BCUT2D eigenvalue weighted by molar-refractivity contribution is -0.377. The molecule has 194 valence electrons. The van der Waals surface area contributed by atoms with Crippen molar-refractivity contribution in [3.8, 4) is 17.2 Å². The quantitative estimate of drug-likeness (QED) is 0.236. The number of nitrogens with one attached hydrogen (secondary N) is 1. The molecular formula is C26H22Cl2F2NO6+. The molecular weight excluding hydrogens is 531 g/mol. The van der Waals surface area contributed by atoms with Crippen molar-refractivity contribution in [3.63, 3.8) is 0 Å². The van der Waals surface area contributed by atoms with Crippen LogP contribution in [-0.2, 0) is 11.2 Å². The number of aromatic nitrogens is 1. The zero-order valence-electron chi connectivity index (χ0n) is 19.3. The summed E-state index contributed by atoms with van der Waals surface area (Å²) >= 11 is 12.6. The number of alkyl halides is 2. The number of H-pyrrole nitrogens is 1. The van der Waals surface area contributed by atoms with Crippen molar-refractivity contribution < 1.29 is 42.7 Å². The minimum atomic E-state index is -3.06. The normalized spacial score (nSPS) is 13.8. The van der Waals surface area contributed by atoms with Crippen molar-refractivity contribution in [1.29, 1.82) is 0 Å². The van der Waals surface area contributed by atoms with Crippen LogP contribution in [-0.4, -0.2) is 30.6 Å². The first-order valence-electron chi connectivity index (χ1n) is 11.3. The fourth-order valence-electron chi connectivity index (χ4n) is 3.62. The average Bonchev–Trinajstić information content (AvgIpc) is 3.69. The van der Waals surface area contributed by atoms with E-state index < -0.39 is 24.4 Å². The molecule has 0 unspecified atom stereocenters. The number of aldehydes is 1. The molecule has 11 heteroatoms. The minimum absolute atomic E-state index is 0.00331. The molecule has 2 N–H and O–H groups in total. The summed E-state index contributed by atoms with van der Waals surface area (Å²) in [6, 6.07) is 8.30. The number of esters is 1. The number of carbonyl (C=O) groups is 2. The van der Waals surface area contributed by atoms with E-state index in [0.29, 0.717) is 29.9 Å². The van der Waals surface area contributed by atoms with Gasteiger partial charge in [0, 0.05) is 12.0 Å². The van der Waals surface area contributed by atoms with Gasteiger partial charge in [-0.2, -0.15) is 8.78 Å². The topological polar surface area (TPSA) is 96.2 Å². The predicted molar refractivity (Wildman–Crippen MR) is 130 cm³/mol. The van der Waals surface area contributed by atoms with E-state index in [-0.39, 0.29) is 39.1 Å². The molecule has 1 aliphatic carbocycles. The van der Waals surface area contributed by atoms with Gasteiger partial charge in [-0.3, -0.25) is 4.79 Å². The Morgan fingerprint density at radius 2 is 1.86 bits per heavy atom. The molecule has 0 aliphatic heterocycles. The average molecular weight is 553 g/mol. The number of halogens is 4. The van der Waals surface area contributed by atoms with E-state index in [1.54, 1.807) is 0 Å². The molecule has 3 aromatic rings. The number of para-hydroxylation sites is 1. The summed E-state index contributed by atoms with van der Waals surface area (Å²) in [5, 5.41) is 10.9. The number of phenols is 1. The summed E-state index contributed by atoms with van der Waals surface area (Å²) < 4.78 is 42.1. The van der Waals surface area contributed by atoms with Crippen LogP contribution in [0.4, 0.5) is 8.78 Å². The highest BCUT2D eigenvalue weighted by Gasteiger charge is 2.27. The maximum Gasteiger partial charge on any atom is 0.387 e. The molecule has 7 nitrogen and oxygen atoms in total. The van der Waals surface area contributed by atoms with Crippen LogP contribution in [0.1, 0.15) is 50.8 Å². The van der Waals surface area contributed by atoms with Crippen LogP contribution in [0.15, 0.2) is 48.8 Å². The standard InChI is InChI=1S/C26H21Cl2F2NO6/c27-19-10-31-11-20(28)18(19)9-22(36-25(34)17-3-1-2-16(12-32)24(17)33)15-6-7-21(37-26(29)30)23(8-15)35-13-14-4-5-14/h1-3,6-8,10-12,14,22,26,33H,4-5,9,13H2/p+1/t22-/m0/s1. The SMILES string of the molecule is O=Cc1cccc(C(=O)O[C@@H](Cc2c(Cl)c[nH+]cc2Cl)c2ccc(OC(F)F)c(OCC3CC3)c2)c1O. The zero-order valence-corrected chi connectivity index (χ0v) is 20.8. The Kier molecular flexibility index (Phi) is 8.45. The fraction of sp³-hybridized carbons (Fsp3) is 0.269. The van der Waals surface area contributed by atoms with Gasteiger partial charge in [0.1, 0.15) is 27.5 Å². The van der Waals surface area contributed by atoms with Gasteiger partial charge in [0.15, 0.2) is 30.2 Å². The van der Waals surface area contributed by atoms with Crippen molar-refractivity contribution in [2.45, 2.75) is 32.0 Å². The number of phenolic OH excluding ortho intramolecular Hbond substituents is 1. The molecule has 1 fully saturated rings. The van der Waals surface area contributed by atoms with E-state index >= 15 is 0 Å². The third-order valence-electron chi connectivity index (χ3n) is 5.78. The lowest BCUT2D eigenvalue weighted by atomic mass is 10.0. The molecule has 37 heavy (non-hydrogen) atoms. The highest BCUT2D eigenvalue weighted by molar-refractivity contribution is 6.35. The Morgan fingerprint density at radius 1 is 1.14 bits per heavy atom. The Balaban J connectivity index is 1.71. The molecule has 1 heterocycles. The monoisotopic (exact) mass is 552 g/mol. The first-order valence-corrected chi connectivity index (χ1v) is 12.1. The Morgan fingerprint density at radius 3 is 2.51 bits per heavy atom. The Bertz CT molecular complexity index is 1280. The number of benzene rings is 2. The van der Waals surface area contributed by atoms with Crippen LogP contribution in [0.5, 0.6) is 17.2 Å². The number of pyridine rings is 1. The largest absolute Gasteiger partial charge is 0.506 e. The van der Waals surface area contributed by atoms with Gasteiger partial charge in [0.2, 0.25) is 0 Å². The molecule has 1 aliphatic rings. The van der Waals surface area contributed by atoms with Crippen molar-refractivity contribution in [2.75, 3.05) is 6.61 Å². The lowest BCUT2D eigenvalue weighted by Crippen LogP contribution is -2.16. The van der Waals surface area contributed by atoms with E-state index in [9.17, 15) is 23.5 Å². The zero-order chi connectivity index (χ0) is 26.5. The van der Waals surface area contributed by atoms with E-state index in [1.807, 2.05) is 0 Å². The number of ether oxygens (including phenoxy) is 3. The van der Waals surface area contributed by atoms with Gasteiger partial charge in [0.05, 0.1) is 12.2 Å². The van der Waals surface area contributed by atoms with Crippen molar-refractivity contribution in [1.82, 2.24) is 0 Å². The van der Waals surface area contributed by atoms with E-state index in [2.05, 4.69) is 9.72 Å². The van der Waals surface area contributed by atoms with Crippen molar-refractivity contribution in [3.05, 3.63) is 81.1 Å². The molecule has 1 aromatic heterocycles. The summed E-state index contributed by atoms with van der Waals surface area (Å²) in [4.78, 5) is 27.1. The summed E-state index contributed by atoms with van der Waals surface area (Å²) in [6.45, 7) is -2.74. The van der Waals surface area contributed by atoms with Gasteiger partial charge in [0.25, 0.3) is 0 Å². The predicted octanol–water partition coefficient (Wildman–Crippen LogP) is 5.86. The lowest BCUT2D eigenvalue weighted by Gasteiger charge is -2.21. The van der Waals surface area contributed by atoms with Gasteiger partial charge in [-0.25, -0.2) is 9.78 Å². The van der Waals surface area contributed by atoms with E-state index in [4.69, 9.17) is 32.7 Å². The highest BCUT2D eigenvalue weighted by atomic mass is 35.5. The summed E-state index contributed by atoms with van der Waals surface area (Å²) in [5.41, 5.74) is 0.530. The molecule has 0 radical (unpaired) electrons. The Labute approximate surface area is 220 Å². The number of carbonyl (C=O) groups excluding carboxylic acids is 2. The molecule has 0 amide bonds. The van der Waals surface area contributed by atoms with E-state index in [0.717, 1.165) is 12.8 Å². The third-order valence-corrected chi connectivity index (χ3v) is 6.45. The smallest absolute Gasteiger partial charge is 0.387 e. The third kappa shape index (κ3) is 6.67. The second-order valence-corrected chi connectivity index (χ2v) is 9.24. The first-order chi connectivity index (χ1) is 17.8. The van der Waals surface area contributed by atoms with E-state index in [1.165, 1.54) is 48.8 Å². The van der Waals surface area contributed by atoms with Gasteiger partial charge < -0.3 is 19.3 Å². The van der Waals surface area contributed by atoms with Gasteiger partial charge in [-0.15, -0.1) is 0 Å². The summed E-state index contributed by atoms with van der Waals surface area (Å²) in [7, 11) is 0. The molecule has 4 rings (SSSR count). The van der Waals surface area contributed by atoms with Crippen molar-refractivity contribution in [2.24, 2.45) is 5.92 Å². The highest BCUT2D eigenvalue weighted by Crippen LogP contribution is 2.38. The maximum atomic E-state index is 13.1. The first kappa shape index (κ1) is 26.6. The number of hydrogen-bond donors (Lipinski definition) is 1. The van der Waals surface area contributed by atoms with Crippen LogP contribution in [0.3, 0.4) is 0 Å². The molecule has 2 aromatic carbocycles. The molecule has 1 atom stereocenters. The molecule has 1 saturated carbocycles. The van der Waals surface area contributed by atoms with Gasteiger partial charge in [-0.1, -0.05) is 35.3 Å². The van der Waals surface area contributed by atoms with Crippen LogP contribution < -0.4 is 14.5 Å². The van der Waals surface area contributed by atoms with Gasteiger partial charge in [-0.05, 0) is 48.6 Å². The minimum Gasteiger partial charge on any atom is -0.506 e. The molecule has 0 saturated heterocycles. The molecule has 0 spiro atoms. The van der Waals surface area contributed by atoms with Crippen LogP contribution in [0.25, 0.3) is 0 Å². The van der Waals surface area contributed by atoms with Crippen LogP contribution in [0.2, 0.25) is 10.0 Å². The second-order valence-electron chi connectivity index (χ2n) is 8.43. The van der Waals surface area contributed by atoms with Crippen LogP contribution >= 0.6 is 23.2 Å². The number of hydrogen-bond acceptors (Lipinski definition) is 6. The summed E-state index contributed by atoms with van der Waals surface area (Å²) in [5.74, 6) is -1.21. The van der Waals surface area contributed by atoms with Crippen molar-refractivity contribution >= 4 is 35.5 Å². The molecule has 0 bridgehead atoms. The van der Waals surface area contributed by atoms with Crippen LogP contribution in [0, 0.1) is 5.92 Å².